The zero-order valence-corrected chi connectivity index (χ0v) is 14.0. The van der Waals surface area contributed by atoms with Gasteiger partial charge in [0.05, 0.1) is 0 Å². The average Bonchev–Trinajstić information content (AvgIpc) is 3.34. The fraction of sp³-hybridized carbons (Fsp3) is 0. The third-order valence-corrected chi connectivity index (χ3v) is 4.28. The summed E-state index contributed by atoms with van der Waals surface area (Å²) in [5.74, 6) is 0.893. The Balaban J connectivity index is 1.48. The van der Waals surface area contributed by atoms with Crippen LogP contribution in [0.3, 0.4) is 0 Å². The van der Waals surface area contributed by atoms with Gasteiger partial charge in [-0.05, 0) is 24.3 Å². The van der Waals surface area contributed by atoms with Crippen molar-refractivity contribution in [1.82, 2.24) is 29.3 Å². The van der Waals surface area contributed by atoms with E-state index in [2.05, 4.69) is 30.2 Å². The average molecular weight is 355 g/mol. The standard InChI is InChI=1S/C19H13N7O/c27-18(12-3-5-20-6-4-12)25-16-2-1-14-15(10-22-17(14)24-16)13-9-23-19-21-7-8-26(19)11-13/h1-11H,(H2,22,24,25,27). The molecule has 0 radical (unpaired) electrons. The lowest BCUT2D eigenvalue weighted by atomic mass is 10.1. The number of carbonyl (C=O) groups is 1. The monoisotopic (exact) mass is 355 g/mol. The first-order chi connectivity index (χ1) is 13.3. The number of rotatable bonds is 3. The molecule has 0 spiro atoms. The zero-order chi connectivity index (χ0) is 18.2. The van der Waals surface area contributed by atoms with E-state index in [9.17, 15) is 4.79 Å². The van der Waals surface area contributed by atoms with Crippen molar-refractivity contribution < 1.29 is 4.79 Å². The number of nitrogens with one attached hydrogen (secondary N) is 2. The van der Waals surface area contributed by atoms with Crippen LogP contribution in [0.1, 0.15) is 10.4 Å². The van der Waals surface area contributed by atoms with Crippen LogP contribution in [0.25, 0.3) is 27.9 Å². The van der Waals surface area contributed by atoms with E-state index in [-0.39, 0.29) is 5.91 Å². The summed E-state index contributed by atoms with van der Waals surface area (Å²) < 4.78 is 1.87. The number of aromatic nitrogens is 6. The fourth-order valence-corrected chi connectivity index (χ4v) is 2.96. The minimum absolute atomic E-state index is 0.231. The number of anilines is 1. The Bertz CT molecular complexity index is 1270. The second-order valence-electron chi connectivity index (χ2n) is 5.96. The maximum atomic E-state index is 12.3. The van der Waals surface area contributed by atoms with Gasteiger partial charge in [-0.3, -0.25) is 14.2 Å². The SMILES string of the molecule is O=C(Nc1ccc2c(-c3cnc4nccn4c3)c[nH]c2n1)c1ccncc1. The summed E-state index contributed by atoms with van der Waals surface area (Å²) in [4.78, 5) is 32.3. The van der Waals surface area contributed by atoms with E-state index in [4.69, 9.17) is 0 Å². The predicted molar refractivity (Wildman–Crippen MR) is 100 cm³/mol. The largest absolute Gasteiger partial charge is 0.345 e. The van der Waals surface area contributed by atoms with Gasteiger partial charge in [0.15, 0.2) is 0 Å². The minimum atomic E-state index is -0.231. The number of aromatic amines is 1. The molecular weight excluding hydrogens is 342 g/mol. The minimum Gasteiger partial charge on any atom is -0.345 e. The number of fused-ring (bicyclic) bond motifs is 2. The Morgan fingerprint density at radius 1 is 1.07 bits per heavy atom. The highest BCUT2D eigenvalue weighted by Gasteiger charge is 2.11. The van der Waals surface area contributed by atoms with Gasteiger partial charge in [0.2, 0.25) is 5.78 Å². The number of hydrogen-bond donors (Lipinski definition) is 2. The van der Waals surface area contributed by atoms with Crippen molar-refractivity contribution in [3.63, 3.8) is 0 Å². The molecule has 0 unspecified atom stereocenters. The molecule has 0 saturated heterocycles. The zero-order valence-electron chi connectivity index (χ0n) is 14.0. The summed E-state index contributed by atoms with van der Waals surface area (Å²) in [6.07, 6.45) is 12.3. The van der Waals surface area contributed by atoms with Gasteiger partial charge >= 0.3 is 0 Å². The van der Waals surface area contributed by atoms with Crippen molar-refractivity contribution in [2.45, 2.75) is 0 Å². The van der Waals surface area contributed by atoms with Crippen molar-refractivity contribution in [2.24, 2.45) is 0 Å². The van der Waals surface area contributed by atoms with Crippen LogP contribution in [-0.2, 0) is 0 Å². The Morgan fingerprint density at radius 3 is 2.85 bits per heavy atom. The van der Waals surface area contributed by atoms with Gasteiger partial charge in [-0.1, -0.05) is 0 Å². The van der Waals surface area contributed by atoms with Gasteiger partial charge in [-0.15, -0.1) is 0 Å². The molecule has 27 heavy (non-hydrogen) atoms. The topological polar surface area (TPSA) is 101 Å². The number of H-pyrrole nitrogens is 1. The molecule has 5 rings (SSSR count). The van der Waals surface area contributed by atoms with Crippen molar-refractivity contribution in [3.05, 3.63) is 73.2 Å². The molecule has 8 nitrogen and oxygen atoms in total. The molecule has 130 valence electrons. The molecule has 5 aromatic rings. The Hall–Kier alpha value is -4.07. The molecule has 5 heterocycles. The first-order valence-electron chi connectivity index (χ1n) is 8.26. The number of pyridine rings is 2. The lowest BCUT2D eigenvalue weighted by Crippen LogP contribution is -2.12. The number of carbonyl (C=O) groups excluding carboxylic acids is 1. The van der Waals surface area contributed by atoms with Crippen LogP contribution in [0.5, 0.6) is 0 Å². The summed E-state index contributed by atoms with van der Waals surface area (Å²) in [6, 6.07) is 7.01. The number of hydrogen-bond acceptors (Lipinski definition) is 5. The van der Waals surface area contributed by atoms with Crippen LogP contribution in [0.15, 0.2) is 67.6 Å². The molecule has 8 heteroatoms. The molecule has 0 aliphatic carbocycles. The maximum Gasteiger partial charge on any atom is 0.256 e. The second kappa shape index (κ2) is 6.03. The van der Waals surface area contributed by atoms with Gasteiger partial charge in [0, 0.05) is 65.5 Å². The molecule has 2 N–H and O–H groups in total. The molecule has 1 amide bonds. The van der Waals surface area contributed by atoms with Crippen molar-refractivity contribution >= 4 is 28.5 Å². The highest BCUT2D eigenvalue weighted by molar-refractivity contribution is 6.04. The predicted octanol–water partition coefficient (Wildman–Crippen LogP) is 2.92. The van der Waals surface area contributed by atoms with Gasteiger partial charge < -0.3 is 10.3 Å². The van der Waals surface area contributed by atoms with Gasteiger partial charge in [-0.2, -0.15) is 0 Å². The van der Waals surface area contributed by atoms with Crippen molar-refractivity contribution in [2.75, 3.05) is 5.32 Å². The van der Waals surface area contributed by atoms with Crippen LogP contribution in [0, 0.1) is 0 Å². The maximum absolute atomic E-state index is 12.3. The second-order valence-corrected chi connectivity index (χ2v) is 5.96. The third-order valence-electron chi connectivity index (χ3n) is 4.28. The Labute approximate surface area is 153 Å². The van der Waals surface area contributed by atoms with E-state index in [0.29, 0.717) is 22.8 Å². The molecule has 0 aliphatic heterocycles. The first kappa shape index (κ1) is 15.2. The number of imidazole rings is 1. The van der Waals surface area contributed by atoms with E-state index in [1.165, 1.54) is 0 Å². The molecule has 0 aliphatic rings. The highest BCUT2D eigenvalue weighted by atomic mass is 16.1. The van der Waals surface area contributed by atoms with Crippen molar-refractivity contribution in [3.8, 4) is 11.1 Å². The van der Waals surface area contributed by atoms with E-state index >= 15 is 0 Å². The third kappa shape index (κ3) is 2.69. The lowest BCUT2D eigenvalue weighted by Gasteiger charge is -2.05. The Morgan fingerprint density at radius 2 is 1.96 bits per heavy atom. The van der Waals surface area contributed by atoms with E-state index in [0.717, 1.165) is 16.5 Å². The first-order valence-corrected chi connectivity index (χ1v) is 8.26. The molecular formula is C19H13N7O. The van der Waals surface area contributed by atoms with Crippen LogP contribution >= 0.6 is 0 Å². The quantitative estimate of drug-likeness (QED) is 0.518. The van der Waals surface area contributed by atoms with E-state index in [1.54, 1.807) is 43.0 Å². The van der Waals surface area contributed by atoms with Gasteiger partial charge in [0.1, 0.15) is 11.5 Å². The summed E-state index contributed by atoms with van der Waals surface area (Å²) in [5.41, 5.74) is 3.14. The summed E-state index contributed by atoms with van der Waals surface area (Å²) >= 11 is 0. The molecule has 0 aromatic carbocycles. The van der Waals surface area contributed by atoms with Crippen LogP contribution in [0.2, 0.25) is 0 Å². The normalized spacial score (nSPS) is 11.1. The van der Waals surface area contributed by atoms with E-state index in [1.807, 2.05) is 29.1 Å². The highest BCUT2D eigenvalue weighted by Crippen LogP contribution is 2.28. The molecule has 0 saturated carbocycles. The number of amides is 1. The van der Waals surface area contributed by atoms with Gasteiger partial charge in [0.25, 0.3) is 5.91 Å². The molecule has 0 atom stereocenters. The number of nitrogens with zero attached hydrogens (tertiary/aromatic N) is 5. The van der Waals surface area contributed by atoms with Crippen molar-refractivity contribution in [1.29, 1.82) is 0 Å². The smallest absolute Gasteiger partial charge is 0.256 e. The van der Waals surface area contributed by atoms with Crippen LogP contribution in [0.4, 0.5) is 5.82 Å². The van der Waals surface area contributed by atoms with E-state index < -0.39 is 0 Å². The fourth-order valence-electron chi connectivity index (χ4n) is 2.96. The Kier molecular flexibility index (Phi) is 3.39. The lowest BCUT2D eigenvalue weighted by molar-refractivity contribution is 0.102. The molecule has 0 fully saturated rings. The summed E-state index contributed by atoms with van der Waals surface area (Å²) in [5, 5.41) is 3.74. The summed E-state index contributed by atoms with van der Waals surface area (Å²) in [6.45, 7) is 0. The van der Waals surface area contributed by atoms with Crippen LogP contribution in [-0.4, -0.2) is 35.2 Å². The molecule has 5 aromatic heterocycles. The summed E-state index contributed by atoms with van der Waals surface area (Å²) in [7, 11) is 0. The molecule has 0 bridgehead atoms. The van der Waals surface area contributed by atoms with Gasteiger partial charge in [-0.25, -0.2) is 15.0 Å². The van der Waals surface area contributed by atoms with Crippen LogP contribution < -0.4 is 5.32 Å².